The van der Waals surface area contributed by atoms with Crippen LogP contribution in [0.4, 0.5) is 11.4 Å². The topological polar surface area (TPSA) is 55.1 Å². The van der Waals surface area contributed by atoms with Crippen LogP contribution in [0.3, 0.4) is 0 Å². The third kappa shape index (κ3) is 3.44. The molecule has 1 amide bonds. The van der Waals surface area contributed by atoms with Crippen LogP contribution in [-0.4, -0.2) is 9.70 Å². The zero-order valence-corrected chi connectivity index (χ0v) is 10.8. The van der Waals surface area contributed by atoms with Gasteiger partial charge < -0.3 is 11.1 Å². The number of amides is 1. The summed E-state index contributed by atoms with van der Waals surface area (Å²) in [6, 6.07) is 5.17. The lowest BCUT2D eigenvalue weighted by atomic mass is 10.1. The summed E-state index contributed by atoms with van der Waals surface area (Å²) in [4.78, 5) is 11.4. The van der Waals surface area contributed by atoms with Gasteiger partial charge in [-0.2, -0.15) is 0 Å². The summed E-state index contributed by atoms with van der Waals surface area (Å²) in [5, 5.41) is 2.46. The standard InChI is InChI=1S/C10H11Cl3N2O/c1-2-6-3-4-7(5-8(6)14)15-9(16)10(11,12)13/h3-5H,2,14H2,1H3,(H,15,16). The van der Waals surface area contributed by atoms with Crippen LogP contribution in [0, 0.1) is 0 Å². The summed E-state index contributed by atoms with van der Waals surface area (Å²) in [6.07, 6.45) is 0.824. The van der Waals surface area contributed by atoms with E-state index in [1.54, 1.807) is 12.1 Å². The fraction of sp³-hybridized carbons (Fsp3) is 0.300. The summed E-state index contributed by atoms with van der Waals surface area (Å²) in [5.74, 6) is -0.707. The van der Waals surface area contributed by atoms with E-state index in [2.05, 4.69) is 5.32 Å². The molecule has 16 heavy (non-hydrogen) atoms. The van der Waals surface area contributed by atoms with E-state index in [0.717, 1.165) is 12.0 Å². The molecular formula is C10H11Cl3N2O. The average Bonchev–Trinajstić information content (AvgIpc) is 2.16. The number of nitrogens with one attached hydrogen (secondary N) is 1. The van der Waals surface area contributed by atoms with E-state index < -0.39 is 9.70 Å². The third-order valence-corrected chi connectivity index (χ3v) is 2.56. The van der Waals surface area contributed by atoms with Crippen LogP contribution in [0.2, 0.25) is 0 Å². The van der Waals surface area contributed by atoms with Crippen LogP contribution >= 0.6 is 34.8 Å². The lowest BCUT2D eigenvalue weighted by Crippen LogP contribution is -2.26. The van der Waals surface area contributed by atoms with Gasteiger partial charge in [-0.25, -0.2) is 0 Å². The van der Waals surface area contributed by atoms with E-state index in [4.69, 9.17) is 40.5 Å². The fourth-order valence-electron chi connectivity index (χ4n) is 1.20. The van der Waals surface area contributed by atoms with Crippen LogP contribution in [0.1, 0.15) is 12.5 Å². The number of halogens is 3. The molecular weight excluding hydrogens is 270 g/mol. The summed E-state index contributed by atoms with van der Waals surface area (Å²) in [5.41, 5.74) is 7.88. The quantitative estimate of drug-likeness (QED) is 0.646. The number of hydrogen-bond donors (Lipinski definition) is 2. The van der Waals surface area contributed by atoms with Crippen LogP contribution < -0.4 is 11.1 Å². The first-order valence-electron chi connectivity index (χ1n) is 4.61. The average molecular weight is 282 g/mol. The van der Waals surface area contributed by atoms with Crippen molar-refractivity contribution in [2.45, 2.75) is 17.1 Å². The number of aryl methyl sites for hydroxylation is 1. The molecule has 3 nitrogen and oxygen atoms in total. The lowest BCUT2D eigenvalue weighted by molar-refractivity contribution is -0.115. The van der Waals surface area contributed by atoms with E-state index in [1.807, 2.05) is 13.0 Å². The summed E-state index contributed by atoms with van der Waals surface area (Å²) in [7, 11) is 0. The van der Waals surface area contributed by atoms with Gasteiger partial charge >= 0.3 is 0 Å². The number of nitrogens with two attached hydrogens (primary N) is 1. The molecule has 0 saturated carbocycles. The highest BCUT2D eigenvalue weighted by atomic mass is 35.6. The van der Waals surface area contributed by atoms with Gasteiger partial charge in [0.25, 0.3) is 9.70 Å². The maximum absolute atomic E-state index is 11.4. The molecule has 0 aromatic heterocycles. The largest absolute Gasteiger partial charge is 0.398 e. The van der Waals surface area contributed by atoms with Crippen LogP contribution in [-0.2, 0) is 11.2 Å². The molecule has 3 N–H and O–H groups in total. The van der Waals surface area contributed by atoms with Crippen molar-refractivity contribution in [3.8, 4) is 0 Å². The van der Waals surface area contributed by atoms with Crippen molar-refractivity contribution < 1.29 is 4.79 Å². The SMILES string of the molecule is CCc1ccc(NC(=O)C(Cl)(Cl)Cl)cc1N. The second-order valence-electron chi connectivity index (χ2n) is 3.22. The maximum atomic E-state index is 11.4. The number of rotatable bonds is 2. The fourth-order valence-corrected chi connectivity index (χ4v) is 1.34. The predicted molar refractivity (Wildman–Crippen MR) is 69.2 cm³/mol. The van der Waals surface area contributed by atoms with Gasteiger partial charge in [0.2, 0.25) is 0 Å². The van der Waals surface area contributed by atoms with Crippen LogP contribution in [0.25, 0.3) is 0 Å². The first kappa shape index (κ1) is 13.4. The molecule has 0 aliphatic heterocycles. The van der Waals surface area contributed by atoms with E-state index >= 15 is 0 Å². The molecule has 6 heteroatoms. The Balaban J connectivity index is 2.84. The Kier molecular flexibility index (Phi) is 4.30. The highest BCUT2D eigenvalue weighted by Gasteiger charge is 2.30. The molecule has 1 rings (SSSR count). The highest BCUT2D eigenvalue weighted by molar-refractivity contribution is 6.76. The second kappa shape index (κ2) is 5.13. The molecule has 0 radical (unpaired) electrons. The summed E-state index contributed by atoms with van der Waals surface area (Å²) in [6.45, 7) is 1.99. The zero-order chi connectivity index (χ0) is 12.3. The predicted octanol–water partition coefficient (Wildman–Crippen LogP) is 3.14. The minimum Gasteiger partial charge on any atom is -0.398 e. The Morgan fingerprint density at radius 1 is 1.44 bits per heavy atom. The molecule has 0 saturated heterocycles. The molecule has 1 aromatic rings. The molecule has 0 aliphatic carbocycles. The molecule has 0 spiro atoms. The Bertz CT molecular complexity index is 402. The van der Waals surface area contributed by atoms with E-state index in [-0.39, 0.29) is 0 Å². The normalized spacial score (nSPS) is 11.2. The smallest absolute Gasteiger partial charge is 0.276 e. The van der Waals surface area contributed by atoms with Gasteiger partial charge in [0.1, 0.15) is 0 Å². The number of nitrogen functional groups attached to an aromatic ring is 1. The molecule has 0 bridgehead atoms. The van der Waals surface area contributed by atoms with Crippen molar-refractivity contribution in [3.05, 3.63) is 23.8 Å². The van der Waals surface area contributed by atoms with Crippen molar-refractivity contribution >= 4 is 52.1 Å². The van der Waals surface area contributed by atoms with Gasteiger partial charge in [0.15, 0.2) is 0 Å². The van der Waals surface area contributed by atoms with Crippen molar-refractivity contribution in [2.24, 2.45) is 0 Å². The molecule has 0 unspecified atom stereocenters. The van der Waals surface area contributed by atoms with Gasteiger partial charge in [0, 0.05) is 11.4 Å². The van der Waals surface area contributed by atoms with Crippen LogP contribution in [0.5, 0.6) is 0 Å². The Labute approximate surface area is 109 Å². The summed E-state index contributed by atoms with van der Waals surface area (Å²) >= 11 is 16.3. The van der Waals surface area contributed by atoms with Crippen molar-refractivity contribution in [1.29, 1.82) is 0 Å². The van der Waals surface area contributed by atoms with Gasteiger partial charge in [-0.05, 0) is 24.1 Å². The van der Waals surface area contributed by atoms with E-state index in [9.17, 15) is 4.79 Å². The van der Waals surface area contributed by atoms with Crippen molar-refractivity contribution in [2.75, 3.05) is 11.1 Å². The zero-order valence-electron chi connectivity index (χ0n) is 8.56. The number of anilines is 2. The Morgan fingerprint density at radius 2 is 2.06 bits per heavy atom. The van der Waals surface area contributed by atoms with Gasteiger partial charge in [-0.1, -0.05) is 47.8 Å². The monoisotopic (exact) mass is 280 g/mol. The molecule has 0 fully saturated rings. The first-order chi connectivity index (χ1) is 7.34. The lowest BCUT2D eigenvalue weighted by Gasteiger charge is -2.12. The van der Waals surface area contributed by atoms with E-state index in [1.165, 1.54) is 0 Å². The van der Waals surface area contributed by atoms with Crippen LogP contribution in [0.15, 0.2) is 18.2 Å². The molecule has 88 valence electrons. The second-order valence-corrected chi connectivity index (χ2v) is 5.50. The third-order valence-electron chi connectivity index (χ3n) is 2.04. The van der Waals surface area contributed by atoms with E-state index in [0.29, 0.717) is 11.4 Å². The molecule has 1 aromatic carbocycles. The Hall–Kier alpha value is -0.640. The number of carbonyl (C=O) groups is 1. The maximum Gasteiger partial charge on any atom is 0.276 e. The summed E-state index contributed by atoms with van der Waals surface area (Å²) < 4.78 is -1.97. The minimum atomic E-state index is -1.97. The number of alkyl halides is 3. The van der Waals surface area contributed by atoms with Gasteiger partial charge in [-0.3, -0.25) is 4.79 Å². The first-order valence-corrected chi connectivity index (χ1v) is 5.74. The number of benzene rings is 1. The van der Waals surface area contributed by atoms with Gasteiger partial charge in [-0.15, -0.1) is 0 Å². The van der Waals surface area contributed by atoms with Crippen molar-refractivity contribution in [1.82, 2.24) is 0 Å². The number of carbonyl (C=O) groups excluding carboxylic acids is 1. The molecule has 0 atom stereocenters. The molecule has 0 aliphatic rings. The minimum absolute atomic E-state index is 0.506. The number of hydrogen-bond acceptors (Lipinski definition) is 2. The highest BCUT2D eigenvalue weighted by Crippen LogP contribution is 2.28. The molecule has 0 heterocycles. The van der Waals surface area contributed by atoms with Crippen molar-refractivity contribution in [3.63, 3.8) is 0 Å². The Morgan fingerprint density at radius 3 is 2.50 bits per heavy atom. The van der Waals surface area contributed by atoms with Gasteiger partial charge in [0.05, 0.1) is 0 Å².